The minimum atomic E-state index is -4.27. The van der Waals surface area contributed by atoms with Gasteiger partial charge in [-0.25, -0.2) is 0 Å². The van der Waals surface area contributed by atoms with Gasteiger partial charge in [0, 0.05) is 0 Å². The molecule has 1 aliphatic rings. The van der Waals surface area contributed by atoms with E-state index in [1.165, 1.54) is 25.0 Å². The van der Waals surface area contributed by atoms with Gasteiger partial charge in [-0.3, -0.25) is 0 Å². The molecule has 1 fully saturated rings. The Morgan fingerprint density at radius 3 is 2.19 bits per heavy atom. The summed E-state index contributed by atoms with van der Waals surface area (Å²) in [6, 6.07) is 6.94. The first-order chi connectivity index (χ1) is 12.9. The number of allylic oxidation sites excluding steroid dienone is 4. The smallest absolute Gasteiger partial charge is 0.195 e. The monoisotopic (exact) mass is 379 g/mol. The summed E-state index contributed by atoms with van der Waals surface area (Å²) in [5, 5.41) is 8.31. The molecular weight excluding hydrogens is 354 g/mol. The molecule has 0 radical (unpaired) electrons. The number of nitrogens with zero attached hydrogens (tertiary/aromatic N) is 1. The third kappa shape index (κ3) is 7.58. The van der Waals surface area contributed by atoms with Crippen LogP contribution in [0.2, 0.25) is 0 Å². The van der Waals surface area contributed by atoms with E-state index >= 15 is 0 Å². The standard InChI is InChI=1S/C22H25F4N/c23-21(16-27)5-3-1-2-4-17-6-8-18(9-7-17)10-11-19-12-14-20(15-13-19)22(24,25)26/h1,3,5,12-15,17-18H,2,4,6-11H2/t17-,18-. The number of halogens is 4. The van der Waals surface area contributed by atoms with Crippen LogP contribution >= 0.6 is 0 Å². The van der Waals surface area contributed by atoms with Gasteiger partial charge < -0.3 is 0 Å². The molecule has 0 unspecified atom stereocenters. The summed E-state index contributed by atoms with van der Waals surface area (Å²) in [4.78, 5) is 0. The number of benzene rings is 1. The fourth-order valence-electron chi connectivity index (χ4n) is 3.66. The molecule has 0 N–H and O–H groups in total. The quantitative estimate of drug-likeness (QED) is 0.280. The van der Waals surface area contributed by atoms with E-state index in [0.717, 1.165) is 56.2 Å². The molecule has 5 heteroatoms. The van der Waals surface area contributed by atoms with Gasteiger partial charge in [0.05, 0.1) is 5.56 Å². The van der Waals surface area contributed by atoms with E-state index in [1.54, 1.807) is 18.2 Å². The molecule has 0 amide bonds. The van der Waals surface area contributed by atoms with Gasteiger partial charge in [0.25, 0.3) is 0 Å². The van der Waals surface area contributed by atoms with E-state index in [4.69, 9.17) is 5.26 Å². The lowest BCUT2D eigenvalue weighted by atomic mass is 9.78. The Morgan fingerprint density at radius 2 is 1.63 bits per heavy atom. The van der Waals surface area contributed by atoms with Crippen molar-refractivity contribution in [1.29, 1.82) is 5.26 Å². The lowest BCUT2D eigenvalue weighted by Gasteiger charge is -2.28. The molecule has 1 nitrogen and oxygen atoms in total. The van der Waals surface area contributed by atoms with Crippen molar-refractivity contribution in [2.75, 3.05) is 0 Å². The number of hydrogen-bond donors (Lipinski definition) is 0. The van der Waals surface area contributed by atoms with Gasteiger partial charge >= 0.3 is 6.18 Å². The van der Waals surface area contributed by atoms with Crippen molar-refractivity contribution in [3.05, 3.63) is 59.4 Å². The van der Waals surface area contributed by atoms with Gasteiger partial charge in [-0.05, 0) is 61.3 Å². The van der Waals surface area contributed by atoms with Crippen molar-refractivity contribution in [2.24, 2.45) is 11.8 Å². The van der Waals surface area contributed by atoms with E-state index < -0.39 is 17.6 Å². The van der Waals surface area contributed by atoms with Crippen molar-refractivity contribution < 1.29 is 17.6 Å². The van der Waals surface area contributed by atoms with E-state index in [9.17, 15) is 17.6 Å². The number of rotatable bonds is 7. The largest absolute Gasteiger partial charge is 0.416 e. The molecule has 1 aliphatic carbocycles. The van der Waals surface area contributed by atoms with E-state index in [0.29, 0.717) is 11.8 Å². The zero-order chi connectivity index (χ0) is 19.7. The molecular formula is C22H25F4N. The lowest BCUT2D eigenvalue weighted by molar-refractivity contribution is -0.137. The minimum Gasteiger partial charge on any atom is -0.195 e. The molecule has 1 saturated carbocycles. The van der Waals surface area contributed by atoms with Crippen molar-refractivity contribution in [1.82, 2.24) is 0 Å². The molecule has 0 bridgehead atoms. The van der Waals surface area contributed by atoms with Crippen LogP contribution in [0.1, 0.15) is 56.1 Å². The number of hydrogen-bond acceptors (Lipinski definition) is 1. The van der Waals surface area contributed by atoms with Crippen molar-refractivity contribution >= 4 is 0 Å². The highest BCUT2D eigenvalue weighted by Gasteiger charge is 2.30. The van der Waals surface area contributed by atoms with Crippen LogP contribution in [0.15, 0.2) is 48.3 Å². The Morgan fingerprint density at radius 1 is 1.04 bits per heavy atom. The van der Waals surface area contributed by atoms with Crippen LogP contribution in [-0.2, 0) is 12.6 Å². The highest BCUT2D eigenvalue weighted by Crippen LogP contribution is 2.34. The molecule has 0 spiro atoms. The van der Waals surface area contributed by atoms with Crippen LogP contribution in [0, 0.1) is 23.2 Å². The lowest BCUT2D eigenvalue weighted by Crippen LogP contribution is -2.15. The average Bonchev–Trinajstić information content (AvgIpc) is 2.66. The molecule has 0 aromatic heterocycles. The molecule has 0 saturated heterocycles. The van der Waals surface area contributed by atoms with Crippen LogP contribution < -0.4 is 0 Å². The van der Waals surface area contributed by atoms with Crippen LogP contribution in [0.5, 0.6) is 0 Å². The fraction of sp³-hybridized carbons (Fsp3) is 0.500. The summed E-state index contributed by atoms with van der Waals surface area (Å²) in [7, 11) is 0. The Bertz CT molecular complexity index is 672. The Kier molecular flexibility index (Phi) is 8.09. The van der Waals surface area contributed by atoms with E-state index in [1.807, 2.05) is 6.08 Å². The van der Waals surface area contributed by atoms with Crippen LogP contribution in [0.3, 0.4) is 0 Å². The zero-order valence-corrected chi connectivity index (χ0v) is 15.3. The first kappa shape index (κ1) is 21.2. The Labute approximate surface area is 158 Å². The molecule has 1 aromatic carbocycles. The van der Waals surface area contributed by atoms with Crippen molar-refractivity contribution in [3.8, 4) is 6.07 Å². The molecule has 0 aliphatic heterocycles. The number of nitriles is 1. The predicted molar refractivity (Wildman–Crippen MR) is 98.4 cm³/mol. The van der Waals surface area contributed by atoms with Crippen LogP contribution in [-0.4, -0.2) is 0 Å². The van der Waals surface area contributed by atoms with Crippen molar-refractivity contribution in [3.63, 3.8) is 0 Å². The van der Waals surface area contributed by atoms with E-state index in [-0.39, 0.29) is 0 Å². The van der Waals surface area contributed by atoms with Crippen LogP contribution in [0.25, 0.3) is 0 Å². The number of alkyl halides is 3. The fourth-order valence-corrected chi connectivity index (χ4v) is 3.66. The zero-order valence-electron chi connectivity index (χ0n) is 15.3. The maximum absolute atomic E-state index is 12.6. The average molecular weight is 379 g/mol. The molecule has 0 heterocycles. The molecule has 2 rings (SSSR count). The van der Waals surface area contributed by atoms with Crippen molar-refractivity contribution in [2.45, 2.75) is 57.5 Å². The van der Waals surface area contributed by atoms with Crippen LogP contribution in [0.4, 0.5) is 17.6 Å². The summed E-state index contributed by atoms with van der Waals surface area (Å²) in [5.74, 6) is 0.549. The maximum Gasteiger partial charge on any atom is 0.416 e. The summed E-state index contributed by atoms with van der Waals surface area (Å²) in [5.41, 5.74) is 0.375. The second-order valence-corrected chi connectivity index (χ2v) is 7.25. The normalized spacial score (nSPS) is 21.4. The highest BCUT2D eigenvalue weighted by atomic mass is 19.4. The molecule has 1 aromatic rings. The van der Waals surface area contributed by atoms with Gasteiger partial charge in [0.1, 0.15) is 6.07 Å². The second-order valence-electron chi connectivity index (χ2n) is 7.25. The summed E-state index contributed by atoms with van der Waals surface area (Å²) in [6.45, 7) is 0. The van der Waals surface area contributed by atoms with Gasteiger partial charge in [-0.15, -0.1) is 0 Å². The predicted octanol–water partition coefficient (Wildman–Crippen LogP) is 7.16. The first-order valence-electron chi connectivity index (χ1n) is 9.47. The minimum absolute atomic E-state index is 0.591. The van der Waals surface area contributed by atoms with Gasteiger partial charge in [0.2, 0.25) is 0 Å². The first-order valence-corrected chi connectivity index (χ1v) is 9.47. The summed E-state index contributed by atoms with van der Waals surface area (Å²) in [6.07, 6.45) is 8.88. The second kappa shape index (κ2) is 10.3. The van der Waals surface area contributed by atoms with E-state index in [2.05, 4.69) is 0 Å². The molecule has 27 heavy (non-hydrogen) atoms. The third-order valence-electron chi connectivity index (χ3n) is 5.32. The number of aryl methyl sites for hydroxylation is 1. The Hall–Kier alpha value is -2.09. The summed E-state index contributed by atoms with van der Waals surface area (Å²) >= 11 is 0. The SMILES string of the molecule is N#CC(F)=CC=CCC[C@H]1CC[C@H](CCc2ccc(C(F)(F)F)cc2)CC1. The molecule has 146 valence electrons. The van der Waals surface area contributed by atoms with Gasteiger partial charge in [-0.1, -0.05) is 50.0 Å². The molecule has 0 atom stereocenters. The third-order valence-corrected chi connectivity index (χ3v) is 5.32. The summed E-state index contributed by atoms with van der Waals surface area (Å²) < 4.78 is 50.4. The Balaban J connectivity index is 1.65. The van der Waals surface area contributed by atoms with Gasteiger partial charge in [-0.2, -0.15) is 22.8 Å². The topological polar surface area (TPSA) is 23.8 Å². The maximum atomic E-state index is 12.6. The van der Waals surface area contributed by atoms with Gasteiger partial charge in [0.15, 0.2) is 5.83 Å². The highest BCUT2D eigenvalue weighted by molar-refractivity contribution is 5.24.